The van der Waals surface area contributed by atoms with E-state index in [0.717, 1.165) is 26.2 Å². The van der Waals surface area contributed by atoms with Crippen molar-refractivity contribution in [2.75, 3.05) is 26.2 Å². The number of rotatable bonds is 2. The maximum atomic E-state index is 4.20. The Bertz CT molecular complexity index is 598. The predicted octanol–water partition coefficient (Wildman–Crippen LogP) is 1.98. The Hall–Kier alpha value is -2.66. The minimum atomic E-state index is 0. The van der Waals surface area contributed by atoms with Crippen molar-refractivity contribution in [3.8, 4) is 0 Å². The minimum Gasteiger partial charge on any atom is -0.412 e. The number of aliphatic imine (C=N–C) groups is 2. The number of nitrogens with one attached hydrogen (secondary N) is 2. The molecule has 2 heterocycles. The molecule has 4 N–H and O–H groups in total. The third kappa shape index (κ3) is 5.72. The van der Waals surface area contributed by atoms with Crippen molar-refractivity contribution in [2.24, 2.45) is 9.98 Å². The number of nitrogens with zero attached hydrogens (tertiary/aromatic N) is 2. The van der Waals surface area contributed by atoms with Gasteiger partial charge in [-0.2, -0.15) is 0 Å². The van der Waals surface area contributed by atoms with E-state index in [0.29, 0.717) is 11.8 Å². The van der Waals surface area contributed by atoms with Crippen LogP contribution >= 0.6 is 0 Å². The summed E-state index contributed by atoms with van der Waals surface area (Å²) in [4.78, 5) is 8.40. The lowest BCUT2D eigenvalue weighted by molar-refractivity contribution is 0.648. The third-order valence-corrected chi connectivity index (χ3v) is 4.29. The molecular weight excluding hydrogens is 312 g/mol. The fraction of sp³-hybridized carbons (Fsp3) is 0.300. The summed E-state index contributed by atoms with van der Waals surface area (Å²) in [6, 6.07) is 21.0. The van der Waals surface area contributed by atoms with Gasteiger partial charge in [0.15, 0.2) is 0 Å². The maximum Gasteiger partial charge on any atom is 0.0824 e. The van der Waals surface area contributed by atoms with Crippen LogP contribution < -0.4 is 10.6 Å². The molecular formula is C20H26N4O. The van der Waals surface area contributed by atoms with Gasteiger partial charge in [0.25, 0.3) is 0 Å². The summed E-state index contributed by atoms with van der Waals surface area (Å²) < 4.78 is 0. The standard InChI is InChI=1S/2C10H12N2.H2O/c2*1-2-4-9(5-3-1)10-6-11-8-12-7-10;/h2*1-5,8,10H,6-7H2,(H,11,12);1H2. The van der Waals surface area contributed by atoms with Crippen LogP contribution in [0.15, 0.2) is 70.6 Å². The zero-order valence-corrected chi connectivity index (χ0v) is 14.3. The van der Waals surface area contributed by atoms with E-state index in [2.05, 4.69) is 69.1 Å². The first kappa shape index (κ1) is 18.7. The van der Waals surface area contributed by atoms with Crippen molar-refractivity contribution in [3.63, 3.8) is 0 Å². The van der Waals surface area contributed by atoms with Gasteiger partial charge >= 0.3 is 0 Å². The van der Waals surface area contributed by atoms with E-state index in [1.807, 2.05) is 12.1 Å². The van der Waals surface area contributed by atoms with Gasteiger partial charge in [-0.25, -0.2) is 0 Å². The average molecular weight is 338 g/mol. The normalized spacial score (nSPS) is 21.0. The van der Waals surface area contributed by atoms with Gasteiger partial charge in [0.1, 0.15) is 0 Å². The Balaban J connectivity index is 0.000000173. The van der Waals surface area contributed by atoms with Crippen molar-refractivity contribution >= 4 is 12.7 Å². The molecule has 0 aromatic heterocycles. The summed E-state index contributed by atoms with van der Waals surface area (Å²) >= 11 is 0. The Morgan fingerprint density at radius 3 is 1.36 bits per heavy atom. The summed E-state index contributed by atoms with van der Waals surface area (Å²) in [7, 11) is 0. The highest BCUT2D eigenvalue weighted by Gasteiger charge is 2.12. The average Bonchev–Trinajstić information content (AvgIpc) is 2.71. The van der Waals surface area contributed by atoms with Crippen LogP contribution in [0.2, 0.25) is 0 Å². The van der Waals surface area contributed by atoms with Crippen LogP contribution in [0.3, 0.4) is 0 Å². The van der Waals surface area contributed by atoms with Gasteiger partial charge in [0.05, 0.1) is 12.7 Å². The molecule has 2 unspecified atom stereocenters. The van der Waals surface area contributed by atoms with Gasteiger partial charge in [0, 0.05) is 38.0 Å². The molecule has 5 heteroatoms. The molecule has 0 amide bonds. The van der Waals surface area contributed by atoms with Gasteiger partial charge in [-0.1, -0.05) is 60.7 Å². The highest BCUT2D eigenvalue weighted by Crippen LogP contribution is 2.16. The molecule has 4 rings (SSSR count). The number of hydrogen-bond donors (Lipinski definition) is 2. The molecule has 0 radical (unpaired) electrons. The second-order valence-electron chi connectivity index (χ2n) is 6.02. The zero-order chi connectivity index (χ0) is 16.5. The van der Waals surface area contributed by atoms with Gasteiger partial charge in [-0.15, -0.1) is 0 Å². The Labute approximate surface area is 149 Å². The zero-order valence-electron chi connectivity index (χ0n) is 14.3. The first-order valence-electron chi connectivity index (χ1n) is 8.47. The molecule has 2 atom stereocenters. The van der Waals surface area contributed by atoms with E-state index in [-0.39, 0.29) is 5.48 Å². The third-order valence-electron chi connectivity index (χ3n) is 4.29. The molecule has 5 nitrogen and oxygen atoms in total. The van der Waals surface area contributed by atoms with Crippen molar-refractivity contribution in [1.29, 1.82) is 0 Å². The van der Waals surface area contributed by atoms with E-state index in [1.165, 1.54) is 11.1 Å². The first-order valence-corrected chi connectivity index (χ1v) is 8.47. The van der Waals surface area contributed by atoms with Crippen LogP contribution in [-0.2, 0) is 0 Å². The van der Waals surface area contributed by atoms with Crippen LogP contribution in [0.4, 0.5) is 0 Å². The SMILES string of the molecule is C1=NCC(c2ccccc2)CN1.C1=NCC(c2ccccc2)CN1.O. The van der Waals surface area contributed by atoms with Gasteiger partial charge < -0.3 is 16.1 Å². The largest absolute Gasteiger partial charge is 0.412 e. The van der Waals surface area contributed by atoms with E-state index in [1.54, 1.807) is 12.7 Å². The number of benzene rings is 2. The lowest BCUT2D eigenvalue weighted by Crippen LogP contribution is -2.26. The lowest BCUT2D eigenvalue weighted by Gasteiger charge is -2.18. The monoisotopic (exact) mass is 338 g/mol. The Kier molecular flexibility index (Phi) is 7.66. The highest BCUT2D eigenvalue weighted by molar-refractivity contribution is 5.56. The van der Waals surface area contributed by atoms with Crippen LogP contribution in [-0.4, -0.2) is 44.3 Å². The first-order chi connectivity index (χ1) is 11.9. The molecule has 0 fully saturated rings. The van der Waals surface area contributed by atoms with E-state index in [9.17, 15) is 0 Å². The van der Waals surface area contributed by atoms with Gasteiger partial charge in [0.2, 0.25) is 0 Å². The van der Waals surface area contributed by atoms with Crippen molar-refractivity contribution in [3.05, 3.63) is 71.8 Å². The molecule has 2 aliphatic rings. The Morgan fingerprint density at radius 2 is 1.04 bits per heavy atom. The van der Waals surface area contributed by atoms with Crippen LogP contribution in [0.1, 0.15) is 23.0 Å². The Morgan fingerprint density at radius 1 is 0.640 bits per heavy atom. The van der Waals surface area contributed by atoms with Gasteiger partial charge in [-0.05, 0) is 11.1 Å². The minimum absolute atomic E-state index is 0. The smallest absolute Gasteiger partial charge is 0.0824 e. The fourth-order valence-electron chi connectivity index (χ4n) is 2.90. The fourth-order valence-corrected chi connectivity index (χ4v) is 2.90. The molecule has 0 bridgehead atoms. The quantitative estimate of drug-likeness (QED) is 0.878. The molecule has 25 heavy (non-hydrogen) atoms. The second-order valence-corrected chi connectivity index (χ2v) is 6.02. The summed E-state index contributed by atoms with van der Waals surface area (Å²) in [5, 5.41) is 6.28. The maximum absolute atomic E-state index is 4.20. The van der Waals surface area contributed by atoms with Gasteiger partial charge in [-0.3, -0.25) is 9.98 Å². The summed E-state index contributed by atoms with van der Waals surface area (Å²) in [5.74, 6) is 1.10. The van der Waals surface area contributed by atoms with Crippen molar-refractivity contribution in [2.45, 2.75) is 11.8 Å². The lowest BCUT2D eigenvalue weighted by atomic mass is 9.99. The molecule has 0 aliphatic carbocycles. The second kappa shape index (κ2) is 10.3. The topological polar surface area (TPSA) is 80.3 Å². The molecule has 132 valence electrons. The van der Waals surface area contributed by atoms with Crippen LogP contribution in [0.25, 0.3) is 0 Å². The molecule has 2 aliphatic heterocycles. The predicted molar refractivity (Wildman–Crippen MR) is 105 cm³/mol. The summed E-state index contributed by atoms with van der Waals surface area (Å²) in [6.07, 6.45) is 3.58. The highest BCUT2D eigenvalue weighted by atomic mass is 16.0. The molecule has 0 saturated heterocycles. The van der Waals surface area contributed by atoms with Crippen LogP contribution in [0, 0.1) is 0 Å². The van der Waals surface area contributed by atoms with E-state index >= 15 is 0 Å². The molecule has 0 spiro atoms. The summed E-state index contributed by atoms with van der Waals surface area (Å²) in [5.41, 5.74) is 2.75. The van der Waals surface area contributed by atoms with Crippen molar-refractivity contribution in [1.82, 2.24) is 10.6 Å². The van der Waals surface area contributed by atoms with Crippen LogP contribution in [0.5, 0.6) is 0 Å². The van der Waals surface area contributed by atoms with E-state index < -0.39 is 0 Å². The van der Waals surface area contributed by atoms with Crippen molar-refractivity contribution < 1.29 is 5.48 Å². The van der Waals surface area contributed by atoms with E-state index in [4.69, 9.17) is 0 Å². The molecule has 2 aromatic rings. The molecule has 0 saturated carbocycles. The summed E-state index contributed by atoms with van der Waals surface area (Å²) in [6.45, 7) is 3.84. The molecule has 2 aromatic carbocycles. The number of hydrogen-bond acceptors (Lipinski definition) is 4.